The van der Waals surface area contributed by atoms with Crippen LogP contribution in [0.4, 0.5) is 0 Å². The summed E-state index contributed by atoms with van der Waals surface area (Å²) in [5, 5.41) is 29.9. The van der Waals surface area contributed by atoms with Crippen LogP contribution in [0.1, 0.15) is 13.3 Å². The normalized spacial score (nSPS) is 14.8. The second-order valence-corrected chi connectivity index (χ2v) is 4.02. The summed E-state index contributed by atoms with van der Waals surface area (Å²) >= 11 is 0. The molecule has 0 saturated heterocycles. The standard InChI is InChI=1S/C10H17N3O7/c1-4(8(17)13-6(3-14)10(19)20)12-9(18)5(11)2-7(15)16/h4-6,14H,2-3,11H2,1H3,(H,12,18)(H,13,17)(H,15,16)(H,19,20)/t4-,5-,6-/m0/s1. The molecule has 3 atom stereocenters. The van der Waals surface area contributed by atoms with Crippen molar-refractivity contribution in [2.75, 3.05) is 6.61 Å². The molecule has 0 aromatic carbocycles. The number of nitrogens with two attached hydrogens (primary N) is 1. The van der Waals surface area contributed by atoms with Gasteiger partial charge in [0.1, 0.15) is 12.1 Å². The molecule has 0 radical (unpaired) electrons. The van der Waals surface area contributed by atoms with Gasteiger partial charge < -0.3 is 31.7 Å². The van der Waals surface area contributed by atoms with Crippen LogP contribution in [0, 0.1) is 0 Å². The van der Waals surface area contributed by atoms with Crippen molar-refractivity contribution in [3.8, 4) is 0 Å². The highest BCUT2D eigenvalue weighted by atomic mass is 16.4. The van der Waals surface area contributed by atoms with Gasteiger partial charge in [-0.1, -0.05) is 0 Å². The summed E-state index contributed by atoms with van der Waals surface area (Å²) in [6.45, 7) is 0.456. The lowest BCUT2D eigenvalue weighted by molar-refractivity contribution is -0.143. The number of carbonyl (C=O) groups is 4. The number of carbonyl (C=O) groups excluding carboxylic acids is 2. The lowest BCUT2D eigenvalue weighted by Gasteiger charge is -2.18. The van der Waals surface area contributed by atoms with Gasteiger partial charge in [-0.2, -0.15) is 0 Å². The van der Waals surface area contributed by atoms with Crippen molar-refractivity contribution in [3.05, 3.63) is 0 Å². The highest BCUT2D eigenvalue weighted by Crippen LogP contribution is 1.92. The highest BCUT2D eigenvalue weighted by molar-refractivity contribution is 5.92. The van der Waals surface area contributed by atoms with E-state index in [1.54, 1.807) is 0 Å². The fourth-order valence-electron chi connectivity index (χ4n) is 1.15. The molecule has 0 aliphatic rings. The largest absolute Gasteiger partial charge is 0.481 e. The molecular weight excluding hydrogens is 274 g/mol. The van der Waals surface area contributed by atoms with E-state index in [-0.39, 0.29) is 0 Å². The second kappa shape index (κ2) is 8.07. The molecule has 0 aromatic heterocycles. The van der Waals surface area contributed by atoms with Crippen molar-refractivity contribution in [3.63, 3.8) is 0 Å². The first-order valence-corrected chi connectivity index (χ1v) is 5.60. The Morgan fingerprint density at radius 1 is 1.10 bits per heavy atom. The van der Waals surface area contributed by atoms with Crippen LogP contribution in [0.2, 0.25) is 0 Å². The molecule has 0 unspecified atom stereocenters. The Labute approximate surface area is 113 Å². The molecule has 0 aromatic rings. The summed E-state index contributed by atoms with van der Waals surface area (Å²) in [6, 6.07) is -3.94. The maximum atomic E-state index is 11.5. The Hall–Kier alpha value is -2.20. The lowest BCUT2D eigenvalue weighted by Crippen LogP contribution is -2.54. The van der Waals surface area contributed by atoms with E-state index in [9.17, 15) is 19.2 Å². The summed E-state index contributed by atoms with van der Waals surface area (Å²) in [6.07, 6.45) is -0.603. The van der Waals surface area contributed by atoms with Gasteiger partial charge in [0.15, 0.2) is 0 Å². The van der Waals surface area contributed by atoms with Crippen molar-refractivity contribution in [2.45, 2.75) is 31.5 Å². The van der Waals surface area contributed by atoms with E-state index in [1.807, 2.05) is 5.32 Å². The average molecular weight is 291 g/mol. The summed E-state index contributed by atoms with van der Waals surface area (Å²) < 4.78 is 0. The molecule has 0 bridgehead atoms. The summed E-state index contributed by atoms with van der Waals surface area (Å²) in [5.41, 5.74) is 5.28. The van der Waals surface area contributed by atoms with Gasteiger partial charge in [-0.3, -0.25) is 14.4 Å². The zero-order chi connectivity index (χ0) is 15.9. The number of aliphatic hydroxyl groups excluding tert-OH is 1. The van der Waals surface area contributed by atoms with E-state index in [4.69, 9.17) is 21.1 Å². The van der Waals surface area contributed by atoms with Gasteiger partial charge in [-0.05, 0) is 6.92 Å². The monoisotopic (exact) mass is 291 g/mol. The van der Waals surface area contributed by atoms with Crippen molar-refractivity contribution in [1.29, 1.82) is 0 Å². The molecular formula is C10H17N3O7. The van der Waals surface area contributed by atoms with Crippen LogP contribution in [0.25, 0.3) is 0 Å². The first-order chi connectivity index (χ1) is 9.18. The van der Waals surface area contributed by atoms with Gasteiger partial charge in [0.05, 0.1) is 19.1 Å². The highest BCUT2D eigenvalue weighted by Gasteiger charge is 2.25. The molecule has 0 saturated carbocycles. The summed E-state index contributed by atoms with van der Waals surface area (Å²) in [7, 11) is 0. The van der Waals surface area contributed by atoms with Crippen LogP contribution in [0.15, 0.2) is 0 Å². The van der Waals surface area contributed by atoms with Gasteiger partial charge in [-0.15, -0.1) is 0 Å². The molecule has 0 rings (SSSR count). The third-order valence-corrected chi connectivity index (χ3v) is 2.28. The molecule has 0 fully saturated rings. The van der Waals surface area contributed by atoms with Crippen LogP contribution in [-0.2, 0) is 19.2 Å². The molecule has 2 amide bonds. The van der Waals surface area contributed by atoms with Gasteiger partial charge in [0, 0.05) is 0 Å². The number of amides is 2. The minimum atomic E-state index is -1.49. The number of aliphatic hydroxyl groups is 1. The quantitative estimate of drug-likeness (QED) is 0.271. The Morgan fingerprint density at radius 2 is 1.65 bits per heavy atom. The van der Waals surface area contributed by atoms with Crippen molar-refractivity contribution in [1.82, 2.24) is 10.6 Å². The number of hydrogen-bond donors (Lipinski definition) is 6. The van der Waals surface area contributed by atoms with E-state index in [2.05, 4.69) is 5.32 Å². The van der Waals surface area contributed by atoms with E-state index < -0.39 is 54.9 Å². The molecule has 10 nitrogen and oxygen atoms in total. The first kappa shape index (κ1) is 17.8. The average Bonchev–Trinajstić information content (AvgIpc) is 2.33. The molecule has 0 spiro atoms. The first-order valence-electron chi connectivity index (χ1n) is 5.60. The number of nitrogens with one attached hydrogen (secondary N) is 2. The molecule has 0 heterocycles. The third-order valence-electron chi connectivity index (χ3n) is 2.28. The maximum Gasteiger partial charge on any atom is 0.328 e. The number of carboxylic acids is 2. The van der Waals surface area contributed by atoms with Crippen molar-refractivity contribution in [2.24, 2.45) is 5.73 Å². The van der Waals surface area contributed by atoms with E-state index in [0.717, 1.165) is 0 Å². The number of carboxylic acid groups (broad SMARTS) is 2. The van der Waals surface area contributed by atoms with E-state index in [0.29, 0.717) is 0 Å². The van der Waals surface area contributed by atoms with Crippen LogP contribution >= 0.6 is 0 Å². The number of hydrogen-bond acceptors (Lipinski definition) is 6. The van der Waals surface area contributed by atoms with Gasteiger partial charge in [-0.25, -0.2) is 4.79 Å². The third kappa shape index (κ3) is 6.11. The minimum absolute atomic E-state index is 0.603. The molecule has 20 heavy (non-hydrogen) atoms. The van der Waals surface area contributed by atoms with Gasteiger partial charge >= 0.3 is 11.9 Å². The fourth-order valence-corrected chi connectivity index (χ4v) is 1.15. The lowest BCUT2D eigenvalue weighted by atomic mass is 10.2. The predicted molar refractivity (Wildman–Crippen MR) is 64.5 cm³/mol. The molecule has 10 heteroatoms. The number of rotatable bonds is 8. The van der Waals surface area contributed by atoms with E-state index in [1.165, 1.54) is 6.92 Å². The van der Waals surface area contributed by atoms with Crippen molar-refractivity contribution < 1.29 is 34.5 Å². The van der Waals surface area contributed by atoms with Crippen LogP contribution < -0.4 is 16.4 Å². The van der Waals surface area contributed by atoms with Crippen LogP contribution in [0.3, 0.4) is 0 Å². The van der Waals surface area contributed by atoms with Crippen molar-refractivity contribution >= 4 is 23.8 Å². The van der Waals surface area contributed by atoms with E-state index >= 15 is 0 Å². The summed E-state index contributed by atoms with van der Waals surface area (Å²) in [4.78, 5) is 43.9. The maximum absolute atomic E-state index is 11.5. The molecule has 7 N–H and O–H groups in total. The molecule has 0 aliphatic heterocycles. The smallest absolute Gasteiger partial charge is 0.328 e. The Kier molecular flexibility index (Phi) is 7.18. The minimum Gasteiger partial charge on any atom is -0.481 e. The van der Waals surface area contributed by atoms with Gasteiger partial charge in [0.2, 0.25) is 11.8 Å². The topological polar surface area (TPSA) is 179 Å². The van der Waals surface area contributed by atoms with Crippen LogP contribution in [-0.4, -0.2) is 63.8 Å². The Balaban J connectivity index is 4.42. The fraction of sp³-hybridized carbons (Fsp3) is 0.600. The van der Waals surface area contributed by atoms with Gasteiger partial charge in [0.25, 0.3) is 0 Å². The zero-order valence-electron chi connectivity index (χ0n) is 10.7. The number of aliphatic carboxylic acids is 2. The Morgan fingerprint density at radius 3 is 2.05 bits per heavy atom. The Bertz CT molecular complexity index is 398. The molecule has 114 valence electrons. The van der Waals surface area contributed by atoms with Crippen LogP contribution in [0.5, 0.6) is 0 Å². The molecule has 0 aliphatic carbocycles. The predicted octanol–water partition coefficient (Wildman–Crippen LogP) is -3.15. The second-order valence-electron chi connectivity index (χ2n) is 4.02. The SMILES string of the molecule is C[C@H](NC(=O)[C@@H](N)CC(=O)O)C(=O)N[C@@H](CO)C(=O)O. The summed E-state index contributed by atoms with van der Waals surface area (Å²) in [5.74, 6) is -4.40. The zero-order valence-corrected chi connectivity index (χ0v) is 10.7.